The molecule has 0 saturated carbocycles. The second-order valence-corrected chi connectivity index (χ2v) is 17.3. The molecule has 1 aliphatic rings. The van der Waals surface area contributed by atoms with Crippen LogP contribution in [-0.2, 0) is 5.41 Å². The molecule has 1 heteroatoms. The number of nitrogens with zero attached hydrogens (tertiary/aromatic N) is 1. The summed E-state index contributed by atoms with van der Waals surface area (Å²) in [6.45, 7) is 19.8. The molecule has 0 radical (unpaired) electrons. The van der Waals surface area contributed by atoms with Crippen molar-refractivity contribution in [2.24, 2.45) is 0 Å². The van der Waals surface area contributed by atoms with Crippen molar-refractivity contribution in [2.75, 3.05) is 4.90 Å². The molecular weight excluding hydrogens is 735 g/mol. The predicted molar refractivity (Wildman–Crippen MR) is 265 cm³/mol. The van der Waals surface area contributed by atoms with Gasteiger partial charge in [0.1, 0.15) is 0 Å². The highest BCUT2D eigenvalue weighted by Crippen LogP contribution is 2.51. The van der Waals surface area contributed by atoms with Crippen molar-refractivity contribution in [3.63, 3.8) is 0 Å². The number of aryl methyl sites for hydroxylation is 5. The molecule has 1 nitrogen and oxygen atoms in total. The molecule has 0 spiro atoms. The lowest BCUT2D eigenvalue weighted by molar-refractivity contribution is 0.660. The third-order valence-electron chi connectivity index (χ3n) is 12.9. The molecule has 0 N–H and O–H groups in total. The van der Waals surface area contributed by atoms with Crippen LogP contribution in [0.25, 0.3) is 61.0 Å². The van der Waals surface area contributed by atoms with E-state index in [0.717, 1.165) is 17.1 Å². The van der Waals surface area contributed by atoms with E-state index in [2.05, 4.69) is 236 Å². The smallest absolute Gasteiger partial charge is 0.0468 e. The minimum absolute atomic E-state index is 0.104. The predicted octanol–water partition coefficient (Wildman–Crippen LogP) is 17.0. The fraction of sp³-hybridized carbons (Fsp3) is 0.133. The van der Waals surface area contributed by atoms with Gasteiger partial charge in [-0.15, -0.1) is 0 Å². The van der Waals surface area contributed by atoms with Gasteiger partial charge in [-0.05, 0) is 165 Å². The lowest BCUT2D eigenvalue weighted by Gasteiger charge is -2.29. The van der Waals surface area contributed by atoms with Crippen molar-refractivity contribution in [1.29, 1.82) is 0 Å². The van der Waals surface area contributed by atoms with Crippen molar-refractivity contribution < 1.29 is 0 Å². The summed E-state index contributed by atoms with van der Waals surface area (Å²) in [5.41, 5.74) is 21.4. The molecule has 0 aromatic heterocycles. The Labute approximate surface area is 362 Å². The van der Waals surface area contributed by atoms with Gasteiger partial charge in [0.05, 0.1) is 0 Å². The summed E-state index contributed by atoms with van der Waals surface area (Å²) in [4.78, 5) is 2.42. The number of rotatable bonds is 6. The highest BCUT2D eigenvalue weighted by Gasteiger charge is 2.35. The van der Waals surface area contributed by atoms with Crippen LogP contribution in [0, 0.1) is 34.6 Å². The maximum atomic E-state index is 4.28. The van der Waals surface area contributed by atoms with E-state index in [4.69, 9.17) is 0 Å². The van der Waals surface area contributed by atoms with Crippen LogP contribution in [0.5, 0.6) is 0 Å². The molecule has 0 bridgehead atoms. The molecule has 298 valence electrons. The van der Waals surface area contributed by atoms with Gasteiger partial charge < -0.3 is 4.90 Å². The van der Waals surface area contributed by atoms with E-state index in [0.29, 0.717) is 0 Å². The number of hydrogen-bond donors (Lipinski definition) is 0. The number of hydrogen-bond acceptors (Lipinski definition) is 1. The summed E-state index contributed by atoms with van der Waals surface area (Å²) in [6.07, 6.45) is 2.02. The van der Waals surface area contributed by atoms with Crippen LogP contribution < -0.4 is 4.90 Å². The lowest BCUT2D eigenvalue weighted by Crippen LogP contribution is -2.16. The summed E-state index contributed by atoms with van der Waals surface area (Å²) >= 11 is 0. The van der Waals surface area contributed by atoms with E-state index in [1.54, 1.807) is 0 Å². The number of fused-ring (bicyclic) bond motifs is 6. The monoisotopic (exact) mass is 787 g/mol. The zero-order chi connectivity index (χ0) is 42.4. The maximum Gasteiger partial charge on any atom is 0.0468 e. The number of benzene rings is 9. The summed E-state index contributed by atoms with van der Waals surface area (Å²) in [5.74, 6) is 0. The van der Waals surface area contributed by atoms with E-state index in [-0.39, 0.29) is 5.41 Å². The van der Waals surface area contributed by atoms with Crippen molar-refractivity contribution in [3.05, 3.63) is 227 Å². The van der Waals surface area contributed by atoms with Crippen molar-refractivity contribution >= 4 is 44.7 Å². The average Bonchev–Trinajstić information content (AvgIpc) is 3.50. The summed E-state index contributed by atoms with van der Waals surface area (Å²) in [7, 11) is 0. The Kier molecular flexibility index (Phi) is 10.3. The van der Waals surface area contributed by atoms with Crippen molar-refractivity contribution in [3.8, 4) is 33.4 Å². The molecule has 9 aromatic rings. The average molecular weight is 788 g/mol. The third-order valence-corrected chi connectivity index (χ3v) is 12.9. The molecule has 0 aliphatic heterocycles. The van der Waals surface area contributed by atoms with Crippen LogP contribution >= 0.6 is 0 Å². The Hall–Kier alpha value is -6.96. The van der Waals surface area contributed by atoms with Gasteiger partial charge in [-0.2, -0.15) is 0 Å². The maximum absolute atomic E-state index is 4.28. The van der Waals surface area contributed by atoms with Crippen LogP contribution in [0.3, 0.4) is 0 Å². The molecule has 10 rings (SSSR count). The third kappa shape index (κ3) is 7.15. The molecule has 0 heterocycles. The highest BCUT2D eigenvalue weighted by molar-refractivity contribution is 6.13. The number of anilines is 3. The molecule has 0 unspecified atom stereocenters. The first kappa shape index (κ1) is 39.5. The fourth-order valence-corrected chi connectivity index (χ4v) is 9.64. The van der Waals surface area contributed by atoms with Gasteiger partial charge in [-0.3, -0.25) is 0 Å². The van der Waals surface area contributed by atoms with Gasteiger partial charge >= 0.3 is 0 Å². The summed E-state index contributed by atoms with van der Waals surface area (Å²) < 4.78 is 0. The van der Waals surface area contributed by atoms with Crippen LogP contribution in [0.2, 0.25) is 0 Å². The molecular formula is C60H53N. The lowest BCUT2D eigenvalue weighted by atomic mass is 9.82. The Morgan fingerprint density at radius 3 is 1.69 bits per heavy atom. The molecule has 61 heavy (non-hydrogen) atoms. The van der Waals surface area contributed by atoms with Crippen LogP contribution in [-0.4, -0.2) is 0 Å². The van der Waals surface area contributed by atoms with Crippen LogP contribution in [0.1, 0.15) is 58.4 Å². The van der Waals surface area contributed by atoms with Gasteiger partial charge in [-0.1, -0.05) is 171 Å². The van der Waals surface area contributed by atoms with E-state index in [1.165, 1.54) is 99.4 Å². The quantitative estimate of drug-likeness (QED) is 0.152. The van der Waals surface area contributed by atoms with Gasteiger partial charge in [0.2, 0.25) is 0 Å². The van der Waals surface area contributed by atoms with E-state index in [9.17, 15) is 0 Å². The van der Waals surface area contributed by atoms with Gasteiger partial charge in [0, 0.05) is 22.5 Å². The van der Waals surface area contributed by atoms with Gasteiger partial charge in [-0.25, -0.2) is 0 Å². The Balaban J connectivity index is 0.000000537. The normalized spacial score (nSPS) is 12.4. The first-order valence-corrected chi connectivity index (χ1v) is 21.5. The minimum atomic E-state index is -0.104. The van der Waals surface area contributed by atoms with Gasteiger partial charge in [0.25, 0.3) is 0 Å². The first-order valence-electron chi connectivity index (χ1n) is 21.5. The van der Waals surface area contributed by atoms with Crippen LogP contribution in [0.15, 0.2) is 183 Å². The van der Waals surface area contributed by atoms with E-state index in [1.807, 2.05) is 6.08 Å². The summed E-state index contributed by atoms with van der Waals surface area (Å²) in [6, 6.07) is 64.6. The standard InChI is InChI=1S/C52H43N.C8H10/c1-7-41-35(4)43-16-10-11-17-44(43)45-28-26-39(31-49(41)45)53(40-27-29-47-46-18-12-13-19-50(46)52(5,6)51(47)32-40)38-24-22-36(23-25-38)37-21-20-34(3)48(30-37)42-15-9-8-14-33(42)2;1-7-4-3-5-8(2)6-7/h7-32H,1H2,2-6H3;3-6H,1-2H3. The molecule has 1 aliphatic carbocycles. The summed E-state index contributed by atoms with van der Waals surface area (Å²) in [5, 5.41) is 5.01. The largest absolute Gasteiger partial charge is 0.310 e. The highest BCUT2D eigenvalue weighted by atomic mass is 15.1. The SMILES string of the molecule is C=Cc1c(C)c2ccccc2c2ccc(N(c3ccc(-c4ccc(C)c(-c5ccccc5C)c4)cc3)c3ccc4c(c3)C(C)(C)c3ccccc3-4)cc12.Cc1cccc(C)c1. The second-order valence-electron chi connectivity index (χ2n) is 17.3. The fourth-order valence-electron chi connectivity index (χ4n) is 9.64. The molecule has 0 saturated heterocycles. The Morgan fingerprint density at radius 2 is 0.984 bits per heavy atom. The molecule has 0 amide bonds. The van der Waals surface area contributed by atoms with E-state index < -0.39 is 0 Å². The minimum Gasteiger partial charge on any atom is -0.310 e. The Morgan fingerprint density at radius 1 is 0.410 bits per heavy atom. The zero-order valence-electron chi connectivity index (χ0n) is 36.5. The first-order chi connectivity index (χ1) is 29.5. The van der Waals surface area contributed by atoms with Gasteiger partial charge in [0.15, 0.2) is 0 Å². The topological polar surface area (TPSA) is 3.24 Å². The van der Waals surface area contributed by atoms with E-state index >= 15 is 0 Å². The molecule has 0 atom stereocenters. The second kappa shape index (κ2) is 15.9. The molecule has 0 fully saturated rings. The van der Waals surface area contributed by atoms with Crippen LogP contribution in [0.4, 0.5) is 17.1 Å². The molecule has 9 aromatic carbocycles. The van der Waals surface area contributed by atoms with Crippen molar-refractivity contribution in [1.82, 2.24) is 0 Å². The van der Waals surface area contributed by atoms with Crippen molar-refractivity contribution in [2.45, 2.75) is 53.9 Å². The Bertz CT molecular complexity index is 3110. The zero-order valence-corrected chi connectivity index (χ0v) is 36.5.